The minimum absolute atomic E-state index is 0.0494. The van der Waals surface area contributed by atoms with Crippen LogP contribution in [-0.4, -0.2) is 42.1 Å². The first-order valence-corrected chi connectivity index (χ1v) is 8.53. The molecule has 2 N–H and O–H groups in total. The molecule has 1 aromatic heterocycles. The van der Waals surface area contributed by atoms with Gasteiger partial charge in [-0.15, -0.1) is 11.3 Å². The van der Waals surface area contributed by atoms with Gasteiger partial charge in [-0.2, -0.15) is 0 Å². The lowest BCUT2D eigenvalue weighted by Gasteiger charge is -2.43. The zero-order valence-electron chi connectivity index (χ0n) is 13.2. The predicted octanol–water partition coefficient (Wildman–Crippen LogP) is 2.77. The Labute approximate surface area is 131 Å². The Kier molecular flexibility index (Phi) is 5.58. The van der Waals surface area contributed by atoms with Crippen LogP contribution in [0.1, 0.15) is 50.1 Å². The number of likely N-dealkylation sites (N-methyl/N-ethyl adjacent to an activating group) is 1. The van der Waals surface area contributed by atoms with Crippen molar-refractivity contribution in [3.05, 3.63) is 16.6 Å². The van der Waals surface area contributed by atoms with E-state index in [1.807, 2.05) is 12.3 Å². The van der Waals surface area contributed by atoms with Gasteiger partial charge in [-0.3, -0.25) is 0 Å². The van der Waals surface area contributed by atoms with Crippen molar-refractivity contribution >= 4 is 17.4 Å². The van der Waals surface area contributed by atoms with Crippen LogP contribution in [0.25, 0.3) is 0 Å². The lowest BCUT2D eigenvalue weighted by molar-refractivity contribution is 0.101. The van der Waals surface area contributed by atoms with Crippen LogP contribution in [0.3, 0.4) is 0 Å². The second kappa shape index (κ2) is 7.22. The second-order valence-corrected chi connectivity index (χ2v) is 7.02. The summed E-state index contributed by atoms with van der Waals surface area (Å²) in [7, 11) is 4.23. The van der Waals surface area contributed by atoms with E-state index in [0.717, 1.165) is 17.8 Å². The molecule has 0 saturated heterocycles. The van der Waals surface area contributed by atoms with Gasteiger partial charge in [-0.1, -0.05) is 19.3 Å². The van der Waals surface area contributed by atoms with E-state index in [0.29, 0.717) is 6.54 Å². The quantitative estimate of drug-likeness (QED) is 0.879. The lowest BCUT2D eigenvalue weighted by Crippen LogP contribution is -2.55. The van der Waals surface area contributed by atoms with Crippen LogP contribution in [0.4, 0.5) is 4.79 Å². The van der Waals surface area contributed by atoms with Gasteiger partial charge in [-0.25, -0.2) is 9.78 Å². The maximum atomic E-state index is 12.1. The molecule has 2 amide bonds. The Hall–Kier alpha value is -1.14. The number of carbonyl (C=O) groups is 1. The summed E-state index contributed by atoms with van der Waals surface area (Å²) in [6, 6.07) is -0.156. The van der Waals surface area contributed by atoms with Crippen LogP contribution in [0.2, 0.25) is 0 Å². The van der Waals surface area contributed by atoms with Crippen molar-refractivity contribution in [2.24, 2.45) is 0 Å². The van der Waals surface area contributed by atoms with E-state index in [9.17, 15) is 4.79 Å². The summed E-state index contributed by atoms with van der Waals surface area (Å²) >= 11 is 1.56. The number of nitrogens with one attached hydrogen (secondary N) is 2. The van der Waals surface area contributed by atoms with Gasteiger partial charge < -0.3 is 15.5 Å². The van der Waals surface area contributed by atoms with E-state index < -0.39 is 0 Å². The van der Waals surface area contributed by atoms with E-state index in [2.05, 4.69) is 34.6 Å². The van der Waals surface area contributed by atoms with E-state index in [-0.39, 0.29) is 17.6 Å². The van der Waals surface area contributed by atoms with E-state index in [1.165, 1.54) is 19.3 Å². The molecule has 0 bridgehead atoms. The Bertz CT molecular complexity index is 441. The van der Waals surface area contributed by atoms with Gasteiger partial charge in [0.2, 0.25) is 0 Å². The van der Waals surface area contributed by atoms with Crippen LogP contribution in [0.15, 0.2) is 11.6 Å². The predicted molar refractivity (Wildman–Crippen MR) is 86.6 cm³/mol. The lowest BCUT2D eigenvalue weighted by atomic mass is 9.80. The number of hydrogen-bond donors (Lipinski definition) is 2. The summed E-state index contributed by atoms with van der Waals surface area (Å²) in [5, 5.41) is 8.87. The Morgan fingerprint density at radius 1 is 1.43 bits per heavy atom. The summed E-state index contributed by atoms with van der Waals surface area (Å²) < 4.78 is 0. The van der Waals surface area contributed by atoms with Crippen LogP contribution >= 0.6 is 11.3 Å². The van der Waals surface area contributed by atoms with Gasteiger partial charge in [-0.05, 0) is 33.9 Å². The van der Waals surface area contributed by atoms with Gasteiger partial charge in [0, 0.05) is 23.7 Å². The van der Waals surface area contributed by atoms with Gasteiger partial charge >= 0.3 is 6.03 Å². The van der Waals surface area contributed by atoms with Gasteiger partial charge in [0.1, 0.15) is 5.01 Å². The van der Waals surface area contributed by atoms with Gasteiger partial charge in [0.15, 0.2) is 0 Å². The van der Waals surface area contributed by atoms with Crippen LogP contribution in [0.5, 0.6) is 0 Å². The molecule has 1 heterocycles. The number of carbonyl (C=O) groups excluding carboxylic acids is 1. The maximum absolute atomic E-state index is 12.1. The van der Waals surface area contributed by atoms with Crippen molar-refractivity contribution in [3.8, 4) is 0 Å². The molecule has 6 heteroatoms. The highest BCUT2D eigenvalue weighted by atomic mass is 32.1. The molecule has 0 aromatic carbocycles. The maximum Gasteiger partial charge on any atom is 0.315 e. The smallest absolute Gasteiger partial charge is 0.315 e. The van der Waals surface area contributed by atoms with E-state index >= 15 is 0 Å². The molecule has 0 aliphatic heterocycles. The SMILES string of the molecule is C[C@@H](NC(=O)NCC1(N(C)C)CCCCC1)c1nccs1. The van der Waals surface area contributed by atoms with Crippen molar-refractivity contribution < 1.29 is 4.79 Å². The van der Waals surface area contributed by atoms with Crippen molar-refractivity contribution in [1.82, 2.24) is 20.5 Å². The summed E-state index contributed by atoms with van der Waals surface area (Å²) in [4.78, 5) is 18.6. The Morgan fingerprint density at radius 2 is 2.14 bits per heavy atom. The third-order valence-electron chi connectivity index (χ3n) is 4.48. The number of urea groups is 1. The van der Waals surface area contributed by atoms with Gasteiger partial charge in [0.05, 0.1) is 6.04 Å². The molecule has 1 atom stereocenters. The first kappa shape index (κ1) is 16.2. The molecular weight excluding hydrogens is 284 g/mol. The minimum atomic E-state index is -0.107. The highest BCUT2D eigenvalue weighted by Crippen LogP contribution is 2.31. The Balaban J connectivity index is 1.84. The molecule has 1 aliphatic carbocycles. The number of hydrogen-bond acceptors (Lipinski definition) is 4. The summed E-state index contributed by atoms with van der Waals surface area (Å²) in [6.45, 7) is 2.66. The topological polar surface area (TPSA) is 57.3 Å². The molecule has 0 unspecified atom stereocenters. The number of aromatic nitrogens is 1. The van der Waals surface area contributed by atoms with Crippen molar-refractivity contribution in [2.75, 3.05) is 20.6 Å². The van der Waals surface area contributed by atoms with Crippen molar-refractivity contribution in [1.29, 1.82) is 0 Å². The highest BCUT2D eigenvalue weighted by molar-refractivity contribution is 7.09. The first-order chi connectivity index (χ1) is 10.0. The average Bonchev–Trinajstić information content (AvgIpc) is 3.00. The molecule has 1 fully saturated rings. The van der Waals surface area contributed by atoms with Crippen LogP contribution in [0, 0.1) is 0 Å². The molecule has 21 heavy (non-hydrogen) atoms. The number of amides is 2. The van der Waals surface area contributed by atoms with Crippen LogP contribution < -0.4 is 10.6 Å². The molecular formula is C15H26N4OS. The standard InChI is InChI=1S/C15H26N4OS/c1-12(13-16-9-10-21-13)18-14(20)17-11-15(19(2)3)7-5-4-6-8-15/h9-10,12H,4-8,11H2,1-3H3,(H2,17,18,20)/t12-/m1/s1. The Morgan fingerprint density at radius 3 is 2.71 bits per heavy atom. The molecule has 0 spiro atoms. The molecule has 2 rings (SSSR count). The number of rotatable bonds is 5. The number of nitrogens with zero attached hydrogens (tertiary/aromatic N) is 2. The fourth-order valence-electron chi connectivity index (χ4n) is 2.99. The molecule has 118 valence electrons. The molecule has 1 aromatic rings. The average molecular weight is 310 g/mol. The fourth-order valence-corrected chi connectivity index (χ4v) is 3.64. The third-order valence-corrected chi connectivity index (χ3v) is 5.44. The summed E-state index contributed by atoms with van der Waals surface area (Å²) in [5.41, 5.74) is 0.111. The first-order valence-electron chi connectivity index (χ1n) is 7.65. The van der Waals surface area contributed by atoms with Crippen molar-refractivity contribution in [2.45, 2.75) is 50.6 Å². The fraction of sp³-hybridized carbons (Fsp3) is 0.733. The van der Waals surface area contributed by atoms with Crippen molar-refractivity contribution in [3.63, 3.8) is 0 Å². The third kappa shape index (κ3) is 4.17. The van der Waals surface area contributed by atoms with Gasteiger partial charge in [0.25, 0.3) is 0 Å². The van der Waals surface area contributed by atoms with Crippen LogP contribution in [-0.2, 0) is 0 Å². The largest absolute Gasteiger partial charge is 0.336 e. The molecule has 1 saturated carbocycles. The highest BCUT2D eigenvalue weighted by Gasteiger charge is 2.34. The monoisotopic (exact) mass is 310 g/mol. The summed E-state index contributed by atoms with van der Waals surface area (Å²) in [5.74, 6) is 0. The molecule has 5 nitrogen and oxygen atoms in total. The molecule has 1 aliphatic rings. The zero-order chi connectivity index (χ0) is 15.3. The van der Waals surface area contributed by atoms with E-state index in [4.69, 9.17) is 0 Å². The second-order valence-electron chi connectivity index (χ2n) is 6.10. The minimum Gasteiger partial charge on any atom is -0.336 e. The molecule has 0 radical (unpaired) electrons. The zero-order valence-corrected chi connectivity index (χ0v) is 14.0. The number of thiazole rings is 1. The summed E-state index contributed by atoms with van der Waals surface area (Å²) in [6.07, 6.45) is 7.88. The normalized spacial score (nSPS) is 19.2. The van der Waals surface area contributed by atoms with E-state index in [1.54, 1.807) is 17.5 Å².